The van der Waals surface area contributed by atoms with Gasteiger partial charge in [-0.15, -0.1) is 0 Å². The van der Waals surface area contributed by atoms with Crippen molar-refractivity contribution in [2.75, 3.05) is 29.6 Å². The molecule has 2 heterocycles. The fourth-order valence-corrected chi connectivity index (χ4v) is 3.75. The summed E-state index contributed by atoms with van der Waals surface area (Å²) in [5.41, 5.74) is 1.35. The molecular weight excluding hydrogens is 395 g/mol. The second-order valence-corrected chi connectivity index (χ2v) is 8.30. The van der Waals surface area contributed by atoms with Gasteiger partial charge in [-0.3, -0.25) is 9.00 Å². The molecule has 138 valence electrons. The first-order valence-electron chi connectivity index (χ1n) is 8.11. The predicted molar refractivity (Wildman–Crippen MR) is 106 cm³/mol. The maximum absolute atomic E-state index is 12.7. The van der Waals surface area contributed by atoms with Crippen molar-refractivity contribution in [3.05, 3.63) is 45.7 Å². The first-order valence-corrected chi connectivity index (χ1v) is 10.6. The number of nitrogens with one attached hydrogen (secondary N) is 1. The highest BCUT2D eigenvalue weighted by Crippen LogP contribution is 2.26. The number of aromatic nitrogens is 2. The predicted octanol–water partition coefficient (Wildman–Crippen LogP) is 3.51. The lowest BCUT2D eigenvalue weighted by Crippen LogP contribution is -2.23. The van der Waals surface area contributed by atoms with E-state index < -0.39 is 16.7 Å². The highest BCUT2D eigenvalue weighted by atomic mass is 35.5. The number of hydrogen-bond acceptors (Lipinski definition) is 5. The van der Waals surface area contributed by atoms with Crippen LogP contribution in [-0.2, 0) is 16.6 Å². The van der Waals surface area contributed by atoms with E-state index in [4.69, 9.17) is 23.2 Å². The van der Waals surface area contributed by atoms with Crippen LogP contribution in [0.2, 0.25) is 10.0 Å². The smallest absolute Gasteiger partial charge is 0.276 e. The van der Waals surface area contributed by atoms with Gasteiger partial charge in [-0.05, 0) is 30.5 Å². The van der Waals surface area contributed by atoms with E-state index in [1.165, 1.54) is 6.20 Å². The summed E-state index contributed by atoms with van der Waals surface area (Å²) in [4.78, 5) is 23.2. The normalized spacial score (nSPS) is 15.1. The van der Waals surface area contributed by atoms with Gasteiger partial charge in [-0.25, -0.2) is 9.97 Å². The Labute approximate surface area is 164 Å². The van der Waals surface area contributed by atoms with E-state index in [0.29, 0.717) is 22.4 Å². The summed E-state index contributed by atoms with van der Waals surface area (Å²) in [5.74, 6) is 0.417. The lowest BCUT2D eigenvalue weighted by molar-refractivity contribution is 0.102. The number of carbonyl (C=O) groups excluding carboxylic acids is 1. The van der Waals surface area contributed by atoms with Crippen LogP contribution in [0.4, 0.5) is 11.6 Å². The Hall–Kier alpha value is -1.70. The zero-order valence-electron chi connectivity index (χ0n) is 14.2. The number of halogens is 2. The molecule has 2 aromatic rings. The van der Waals surface area contributed by atoms with Crippen molar-refractivity contribution in [3.8, 4) is 0 Å². The Kier molecular flexibility index (Phi) is 6.11. The van der Waals surface area contributed by atoms with Gasteiger partial charge in [0, 0.05) is 35.9 Å². The van der Waals surface area contributed by atoms with Crippen molar-refractivity contribution < 1.29 is 9.00 Å². The third-order valence-corrected chi connectivity index (χ3v) is 5.33. The van der Waals surface area contributed by atoms with Crippen LogP contribution in [0.25, 0.3) is 0 Å². The van der Waals surface area contributed by atoms with Gasteiger partial charge < -0.3 is 10.2 Å². The average molecular weight is 413 g/mol. The van der Waals surface area contributed by atoms with E-state index in [0.717, 1.165) is 31.5 Å². The van der Waals surface area contributed by atoms with Crippen LogP contribution in [0.15, 0.2) is 24.4 Å². The quantitative estimate of drug-likeness (QED) is 0.812. The molecule has 0 aliphatic carbocycles. The van der Waals surface area contributed by atoms with Crippen molar-refractivity contribution in [1.29, 1.82) is 0 Å². The van der Waals surface area contributed by atoms with Crippen LogP contribution in [0.1, 0.15) is 28.9 Å². The molecule has 1 saturated heterocycles. The second kappa shape index (κ2) is 8.33. The van der Waals surface area contributed by atoms with Crippen LogP contribution in [0.5, 0.6) is 0 Å². The molecule has 1 fully saturated rings. The zero-order valence-corrected chi connectivity index (χ0v) is 16.5. The van der Waals surface area contributed by atoms with Gasteiger partial charge in [0.1, 0.15) is 0 Å². The minimum Gasteiger partial charge on any atom is -0.341 e. The summed E-state index contributed by atoms with van der Waals surface area (Å²) in [5, 5.41) is 3.29. The molecule has 1 aromatic heterocycles. The van der Waals surface area contributed by atoms with E-state index in [-0.39, 0.29) is 10.7 Å². The summed E-state index contributed by atoms with van der Waals surface area (Å²) in [6, 6.07) is 5.15. The van der Waals surface area contributed by atoms with E-state index >= 15 is 0 Å². The zero-order chi connectivity index (χ0) is 18.7. The topological polar surface area (TPSA) is 75.2 Å². The molecule has 0 spiro atoms. The minimum absolute atomic E-state index is 0.101. The lowest BCUT2D eigenvalue weighted by atomic mass is 10.2. The monoisotopic (exact) mass is 412 g/mol. The average Bonchev–Trinajstić information content (AvgIpc) is 3.12. The SMILES string of the molecule is CS(=O)Cc1ccc(Cl)c(NC(=O)c2nc(N3CCCC3)ncc2Cl)c1. The molecule has 1 amide bonds. The molecule has 0 bridgehead atoms. The van der Waals surface area contributed by atoms with Crippen molar-refractivity contribution >= 4 is 51.5 Å². The molecule has 0 radical (unpaired) electrons. The Bertz CT molecular complexity index is 857. The van der Waals surface area contributed by atoms with Gasteiger partial charge in [0.15, 0.2) is 5.69 Å². The molecule has 1 aromatic carbocycles. The van der Waals surface area contributed by atoms with Crippen molar-refractivity contribution in [2.45, 2.75) is 18.6 Å². The van der Waals surface area contributed by atoms with Gasteiger partial charge >= 0.3 is 0 Å². The molecule has 1 N–H and O–H groups in total. The van der Waals surface area contributed by atoms with Gasteiger partial charge in [0.25, 0.3) is 5.91 Å². The fourth-order valence-electron chi connectivity index (χ4n) is 2.76. The van der Waals surface area contributed by atoms with E-state index in [1.54, 1.807) is 24.5 Å². The molecule has 0 saturated carbocycles. The fraction of sp³-hybridized carbons (Fsp3) is 0.353. The van der Waals surface area contributed by atoms with Crippen molar-refractivity contribution in [3.63, 3.8) is 0 Å². The Morgan fingerprint density at radius 2 is 2.00 bits per heavy atom. The summed E-state index contributed by atoms with van der Waals surface area (Å²) >= 11 is 12.3. The number of amides is 1. The largest absolute Gasteiger partial charge is 0.341 e. The number of carbonyl (C=O) groups is 1. The minimum atomic E-state index is -0.992. The Morgan fingerprint density at radius 3 is 2.69 bits per heavy atom. The Balaban J connectivity index is 1.83. The summed E-state index contributed by atoms with van der Waals surface area (Å²) in [6.07, 6.45) is 5.21. The highest BCUT2D eigenvalue weighted by Gasteiger charge is 2.20. The van der Waals surface area contributed by atoms with Crippen LogP contribution in [0.3, 0.4) is 0 Å². The number of hydrogen-bond donors (Lipinski definition) is 1. The Morgan fingerprint density at radius 1 is 1.27 bits per heavy atom. The maximum Gasteiger partial charge on any atom is 0.276 e. The molecule has 1 unspecified atom stereocenters. The summed E-state index contributed by atoms with van der Waals surface area (Å²) < 4.78 is 11.4. The van der Waals surface area contributed by atoms with Gasteiger partial charge in [0.2, 0.25) is 5.95 Å². The van der Waals surface area contributed by atoms with Crippen molar-refractivity contribution in [1.82, 2.24) is 9.97 Å². The lowest BCUT2D eigenvalue weighted by Gasteiger charge is -2.16. The van der Waals surface area contributed by atoms with Crippen LogP contribution < -0.4 is 10.2 Å². The molecule has 1 aliphatic rings. The first kappa shape index (κ1) is 19.1. The van der Waals surface area contributed by atoms with E-state index in [9.17, 15) is 9.00 Å². The summed E-state index contributed by atoms with van der Waals surface area (Å²) in [6.45, 7) is 1.73. The van der Waals surface area contributed by atoms with Gasteiger partial charge in [0.05, 0.1) is 21.9 Å². The first-order chi connectivity index (χ1) is 12.4. The number of nitrogens with zero attached hydrogens (tertiary/aromatic N) is 3. The molecule has 3 rings (SSSR count). The van der Waals surface area contributed by atoms with E-state index in [1.807, 2.05) is 4.90 Å². The third-order valence-electron chi connectivity index (χ3n) is 3.98. The summed E-state index contributed by atoms with van der Waals surface area (Å²) in [7, 11) is -0.992. The molecule has 1 atom stereocenters. The van der Waals surface area contributed by atoms with Crippen molar-refractivity contribution in [2.24, 2.45) is 0 Å². The second-order valence-electron chi connectivity index (χ2n) is 6.05. The highest BCUT2D eigenvalue weighted by molar-refractivity contribution is 7.83. The molecule has 26 heavy (non-hydrogen) atoms. The standard InChI is InChI=1S/C17H18Cl2N4O2S/c1-26(25)10-11-4-5-12(18)14(8-11)21-16(24)15-13(19)9-20-17(22-15)23-6-2-3-7-23/h4-5,8-9H,2-3,6-7,10H2,1H3,(H,21,24). The van der Waals surface area contributed by atoms with Gasteiger partial charge in [-0.2, -0.15) is 0 Å². The molecular formula is C17H18Cl2N4O2S. The van der Waals surface area contributed by atoms with Crippen LogP contribution in [-0.4, -0.2) is 39.4 Å². The number of benzene rings is 1. The van der Waals surface area contributed by atoms with Crippen LogP contribution >= 0.6 is 23.2 Å². The number of rotatable bonds is 5. The molecule has 1 aliphatic heterocycles. The van der Waals surface area contributed by atoms with E-state index in [2.05, 4.69) is 15.3 Å². The molecule has 6 nitrogen and oxygen atoms in total. The number of anilines is 2. The third kappa shape index (κ3) is 4.52. The maximum atomic E-state index is 12.7. The molecule has 9 heteroatoms. The van der Waals surface area contributed by atoms with Gasteiger partial charge in [-0.1, -0.05) is 29.3 Å². The van der Waals surface area contributed by atoms with Crippen LogP contribution in [0, 0.1) is 0 Å².